The summed E-state index contributed by atoms with van der Waals surface area (Å²) in [5.41, 5.74) is -0.00149. The highest BCUT2D eigenvalue weighted by Crippen LogP contribution is 2.28. The highest BCUT2D eigenvalue weighted by Gasteiger charge is 2.25. The molecule has 2 heteroatoms. The van der Waals surface area contributed by atoms with Crippen LogP contribution in [0.3, 0.4) is 0 Å². The molecule has 0 aliphatic heterocycles. The quantitative estimate of drug-likeness (QED) is 0.516. The zero-order chi connectivity index (χ0) is 10.1. The highest BCUT2D eigenvalue weighted by atomic mass is 15.1. The first-order chi connectivity index (χ1) is 5.91. The summed E-state index contributed by atoms with van der Waals surface area (Å²) in [5, 5.41) is 7.96. The molecule has 0 spiro atoms. The molecule has 2 nitrogen and oxygen atoms in total. The number of nitrogens with zero attached hydrogens (tertiary/aromatic N) is 1. The molecule has 0 bridgehead atoms. The van der Waals surface area contributed by atoms with Crippen LogP contribution in [0.15, 0.2) is 0 Å². The van der Waals surface area contributed by atoms with Crippen molar-refractivity contribution in [3.8, 4) is 0 Å². The van der Waals surface area contributed by atoms with Crippen molar-refractivity contribution in [2.45, 2.75) is 40.0 Å². The molecule has 1 fully saturated rings. The lowest BCUT2D eigenvalue weighted by Crippen LogP contribution is -2.40. The SMILES string of the molecule is CN(CC1CCC1)C(=N)C(C)(C)C. The summed E-state index contributed by atoms with van der Waals surface area (Å²) in [6.07, 6.45) is 4.12. The van der Waals surface area contributed by atoms with Gasteiger partial charge in [-0.05, 0) is 18.8 Å². The molecular formula is C11H22N2. The van der Waals surface area contributed by atoms with Crippen LogP contribution < -0.4 is 0 Å². The number of amidine groups is 1. The third kappa shape index (κ3) is 2.71. The molecule has 1 N–H and O–H groups in total. The molecule has 0 unspecified atom stereocenters. The Bertz CT molecular complexity index is 187. The van der Waals surface area contributed by atoms with Crippen LogP contribution in [0, 0.1) is 16.7 Å². The Morgan fingerprint density at radius 2 is 1.92 bits per heavy atom. The first-order valence-corrected chi connectivity index (χ1v) is 5.21. The number of hydrogen-bond donors (Lipinski definition) is 1. The smallest absolute Gasteiger partial charge is 0.101 e. The van der Waals surface area contributed by atoms with E-state index in [4.69, 9.17) is 5.41 Å². The van der Waals surface area contributed by atoms with E-state index in [1.165, 1.54) is 19.3 Å². The van der Waals surface area contributed by atoms with Crippen molar-refractivity contribution in [1.82, 2.24) is 4.90 Å². The van der Waals surface area contributed by atoms with E-state index in [-0.39, 0.29) is 5.41 Å². The van der Waals surface area contributed by atoms with E-state index in [1.807, 2.05) is 7.05 Å². The summed E-state index contributed by atoms with van der Waals surface area (Å²) in [6, 6.07) is 0. The zero-order valence-corrected chi connectivity index (χ0v) is 9.35. The molecule has 1 aliphatic carbocycles. The number of nitrogens with one attached hydrogen (secondary N) is 1. The topological polar surface area (TPSA) is 27.1 Å². The van der Waals surface area contributed by atoms with Gasteiger partial charge in [0.25, 0.3) is 0 Å². The lowest BCUT2D eigenvalue weighted by atomic mass is 9.84. The minimum atomic E-state index is -0.00149. The van der Waals surface area contributed by atoms with Crippen molar-refractivity contribution in [2.75, 3.05) is 13.6 Å². The van der Waals surface area contributed by atoms with E-state index in [1.54, 1.807) is 0 Å². The summed E-state index contributed by atoms with van der Waals surface area (Å²) in [4.78, 5) is 2.11. The van der Waals surface area contributed by atoms with Gasteiger partial charge in [-0.15, -0.1) is 0 Å². The maximum absolute atomic E-state index is 7.96. The second-order valence-corrected chi connectivity index (χ2v) is 5.28. The van der Waals surface area contributed by atoms with E-state index in [0.29, 0.717) is 0 Å². The molecule has 0 heterocycles. The van der Waals surface area contributed by atoms with E-state index in [9.17, 15) is 0 Å². The second kappa shape index (κ2) is 3.69. The molecule has 0 aromatic heterocycles. The van der Waals surface area contributed by atoms with E-state index in [0.717, 1.165) is 18.3 Å². The van der Waals surface area contributed by atoms with Gasteiger partial charge in [0.1, 0.15) is 5.84 Å². The third-order valence-electron chi connectivity index (χ3n) is 2.85. The van der Waals surface area contributed by atoms with Gasteiger partial charge in [-0.2, -0.15) is 0 Å². The van der Waals surface area contributed by atoms with Crippen molar-refractivity contribution in [3.63, 3.8) is 0 Å². The Kier molecular flexibility index (Phi) is 2.99. The lowest BCUT2D eigenvalue weighted by molar-refractivity contribution is 0.248. The molecule has 1 aliphatic rings. The van der Waals surface area contributed by atoms with Crippen molar-refractivity contribution >= 4 is 5.84 Å². The minimum absolute atomic E-state index is 0.00149. The fourth-order valence-corrected chi connectivity index (χ4v) is 1.73. The first-order valence-electron chi connectivity index (χ1n) is 5.21. The van der Waals surface area contributed by atoms with Crippen LogP contribution >= 0.6 is 0 Å². The zero-order valence-electron chi connectivity index (χ0n) is 9.35. The Balaban J connectivity index is 2.37. The van der Waals surface area contributed by atoms with Crippen LogP contribution in [-0.2, 0) is 0 Å². The summed E-state index contributed by atoms with van der Waals surface area (Å²) >= 11 is 0. The molecular weight excluding hydrogens is 160 g/mol. The van der Waals surface area contributed by atoms with E-state index < -0.39 is 0 Å². The summed E-state index contributed by atoms with van der Waals surface area (Å²) < 4.78 is 0. The molecule has 0 aromatic carbocycles. The first kappa shape index (κ1) is 10.6. The molecule has 0 radical (unpaired) electrons. The minimum Gasteiger partial charge on any atom is -0.363 e. The molecule has 1 rings (SSSR count). The van der Waals surface area contributed by atoms with Crippen LogP contribution in [0.25, 0.3) is 0 Å². The van der Waals surface area contributed by atoms with Gasteiger partial charge in [-0.25, -0.2) is 0 Å². The van der Waals surface area contributed by atoms with E-state index in [2.05, 4.69) is 25.7 Å². The van der Waals surface area contributed by atoms with Gasteiger partial charge in [-0.3, -0.25) is 5.41 Å². The Morgan fingerprint density at radius 1 is 1.38 bits per heavy atom. The number of hydrogen-bond acceptors (Lipinski definition) is 1. The standard InChI is InChI=1S/C11H22N2/c1-11(2,3)10(12)13(4)8-9-6-5-7-9/h9,12H,5-8H2,1-4H3. The maximum Gasteiger partial charge on any atom is 0.101 e. The molecule has 0 amide bonds. The van der Waals surface area contributed by atoms with Crippen molar-refractivity contribution in [2.24, 2.45) is 11.3 Å². The van der Waals surface area contributed by atoms with Crippen molar-refractivity contribution < 1.29 is 0 Å². The molecule has 0 atom stereocenters. The van der Waals surface area contributed by atoms with Crippen molar-refractivity contribution in [1.29, 1.82) is 5.41 Å². The van der Waals surface area contributed by atoms with Gasteiger partial charge in [0.15, 0.2) is 0 Å². The van der Waals surface area contributed by atoms with Gasteiger partial charge in [-0.1, -0.05) is 27.2 Å². The predicted molar refractivity (Wildman–Crippen MR) is 57.2 cm³/mol. The van der Waals surface area contributed by atoms with Crippen LogP contribution in [0.1, 0.15) is 40.0 Å². The summed E-state index contributed by atoms with van der Waals surface area (Å²) in [5.74, 6) is 1.62. The average Bonchev–Trinajstić information content (AvgIpc) is 1.93. The van der Waals surface area contributed by atoms with Gasteiger partial charge < -0.3 is 4.90 Å². The molecule has 0 saturated heterocycles. The van der Waals surface area contributed by atoms with Gasteiger partial charge in [0.05, 0.1) is 0 Å². The van der Waals surface area contributed by atoms with Gasteiger partial charge in [0.2, 0.25) is 0 Å². The van der Waals surface area contributed by atoms with Crippen LogP contribution in [-0.4, -0.2) is 24.3 Å². The third-order valence-corrected chi connectivity index (χ3v) is 2.85. The molecule has 1 saturated carbocycles. The van der Waals surface area contributed by atoms with E-state index >= 15 is 0 Å². The second-order valence-electron chi connectivity index (χ2n) is 5.28. The Labute approximate surface area is 81.8 Å². The molecule has 0 aromatic rings. The summed E-state index contributed by atoms with van der Waals surface area (Å²) in [6.45, 7) is 7.39. The molecule has 76 valence electrons. The van der Waals surface area contributed by atoms with Crippen LogP contribution in [0.2, 0.25) is 0 Å². The summed E-state index contributed by atoms with van der Waals surface area (Å²) in [7, 11) is 2.05. The highest BCUT2D eigenvalue weighted by molar-refractivity contribution is 5.84. The van der Waals surface area contributed by atoms with Gasteiger partial charge in [0, 0.05) is 19.0 Å². The van der Waals surface area contributed by atoms with Gasteiger partial charge >= 0.3 is 0 Å². The Morgan fingerprint density at radius 3 is 2.23 bits per heavy atom. The number of rotatable bonds is 2. The maximum atomic E-state index is 7.96. The normalized spacial score (nSPS) is 18.2. The monoisotopic (exact) mass is 182 g/mol. The van der Waals surface area contributed by atoms with Crippen molar-refractivity contribution in [3.05, 3.63) is 0 Å². The lowest BCUT2D eigenvalue weighted by Gasteiger charge is -2.35. The predicted octanol–water partition coefficient (Wildman–Crippen LogP) is 2.74. The molecule has 13 heavy (non-hydrogen) atoms. The Hall–Kier alpha value is -0.530. The largest absolute Gasteiger partial charge is 0.363 e. The average molecular weight is 182 g/mol. The van der Waals surface area contributed by atoms with Crippen LogP contribution in [0.4, 0.5) is 0 Å². The fourth-order valence-electron chi connectivity index (χ4n) is 1.73. The fraction of sp³-hybridized carbons (Fsp3) is 0.909. The van der Waals surface area contributed by atoms with Crippen LogP contribution in [0.5, 0.6) is 0 Å².